The minimum atomic E-state index is -3.77. The minimum absolute atomic E-state index is 0.0169. The number of hydrogen-bond donors (Lipinski definition) is 1. The summed E-state index contributed by atoms with van der Waals surface area (Å²) in [6.45, 7) is 5.28. The maximum atomic E-state index is 12.2. The summed E-state index contributed by atoms with van der Waals surface area (Å²) < 4.78 is 31.5. The molecule has 1 unspecified atom stereocenters. The van der Waals surface area contributed by atoms with Gasteiger partial charge in [-0.3, -0.25) is 0 Å². The lowest BCUT2D eigenvalue weighted by Gasteiger charge is -2.14. The van der Waals surface area contributed by atoms with E-state index in [1.807, 2.05) is 0 Å². The van der Waals surface area contributed by atoms with E-state index in [4.69, 9.17) is 0 Å². The average molecular weight is 283 g/mol. The van der Waals surface area contributed by atoms with Gasteiger partial charge in [0.15, 0.2) is 0 Å². The third-order valence-corrected chi connectivity index (χ3v) is 4.11. The second kappa shape index (κ2) is 6.49. The predicted molar refractivity (Wildman–Crippen MR) is 72.4 cm³/mol. The third kappa shape index (κ3) is 3.90. The van der Waals surface area contributed by atoms with Crippen LogP contribution in [-0.4, -0.2) is 27.5 Å². The molecule has 0 saturated carbocycles. The van der Waals surface area contributed by atoms with Gasteiger partial charge in [-0.05, 0) is 25.5 Å². The van der Waals surface area contributed by atoms with E-state index in [1.54, 1.807) is 25.1 Å². The lowest BCUT2D eigenvalue weighted by atomic mass is 10.2. The molecule has 1 aromatic rings. The van der Waals surface area contributed by atoms with Crippen LogP contribution in [0.2, 0.25) is 0 Å². The van der Waals surface area contributed by atoms with Gasteiger partial charge >= 0.3 is 5.97 Å². The van der Waals surface area contributed by atoms with Crippen molar-refractivity contribution in [2.45, 2.75) is 24.3 Å². The largest absolute Gasteiger partial charge is 0.465 e. The molecule has 0 amide bonds. The normalized spacial score (nSPS) is 12.7. The lowest BCUT2D eigenvalue weighted by Crippen LogP contribution is -2.33. The Balaban J connectivity index is 3.14. The van der Waals surface area contributed by atoms with E-state index in [0.29, 0.717) is 6.42 Å². The summed E-state index contributed by atoms with van der Waals surface area (Å²) in [4.78, 5) is 11.5. The quantitative estimate of drug-likeness (QED) is 0.637. The molecule has 0 spiro atoms. The van der Waals surface area contributed by atoms with Crippen molar-refractivity contribution >= 4 is 16.0 Å². The van der Waals surface area contributed by atoms with Crippen molar-refractivity contribution < 1.29 is 17.9 Å². The first-order valence-corrected chi connectivity index (χ1v) is 7.21. The fourth-order valence-electron chi connectivity index (χ4n) is 1.61. The molecule has 0 aliphatic rings. The number of ether oxygens (including phenoxy) is 1. The summed E-state index contributed by atoms with van der Waals surface area (Å²) >= 11 is 0. The van der Waals surface area contributed by atoms with Gasteiger partial charge in [0.25, 0.3) is 0 Å². The fourth-order valence-corrected chi connectivity index (χ4v) is 3.06. The summed E-state index contributed by atoms with van der Waals surface area (Å²) in [6, 6.07) is 5.62. The van der Waals surface area contributed by atoms with Crippen molar-refractivity contribution in [2.75, 3.05) is 7.11 Å². The Morgan fingerprint density at radius 1 is 1.47 bits per heavy atom. The van der Waals surface area contributed by atoms with Gasteiger partial charge < -0.3 is 4.74 Å². The van der Waals surface area contributed by atoms with Crippen molar-refractivity contribution in [1.29, 1.82) is 0 Å². The van der Waals surface area contributed by atoms with Crippen molar-refractivity contribution in [1.82, 2.24) is 4.72 Å². The van der Waals surface area contributed by atoms with Crippen LogP contribution in [0.4, 0.5) is 0 Å². The number of rotatable bonds is 6. The van der Waals surface area contributed by atoms with Crippen molar-refractivity contribution in [2.24, 2.45) is 0 Å². The Labute approximate surface area is 113 Å². The van der Waals surface area contributed by atoms with Crippen LogP contribution in [0.1, 0.15) is 23.7 Å². The Morgan fingerprint density at radius 2 is 2.11 bits per heavy atom. The molecule has 1 rings (SSSR count). The number of benzene rings is 1. The first-order valence-electron chi connectivity index (χ1n) is 5.73. The number of sulfonamides is 1. The van der Waals surface area contributed by atoms with Gasteiger partial charge in [0.1, 0.15) is 0 Å². The highest BCUT2D eigenvalue weighted by Gasteiger charge is 2.23. The second-order valence-electron chi connectivity index (χ2n) is 4.03. The molecule has 5 nitrogen and oxygen atoms in total. The number of hydrogen-bond acceptors (Lipinski definition) is 4. The van der Waals surface area contributed by atoms with Crippen LogP contribution in [-0.2, 0) is 14.8 Å². The highest BCUT2D eigenvalue weighted by Crippen LogP contribution is 2.17. The maximum Gasteiger partial charge on any atom is 0.339 e. The minimum Gasteiger partial charge on any atom is -0.465 e. The number of carbonyl (C=O) groups excluding carboxylic acids is 1. The SMILES string of the molecule is C=CCC(C)NS(=O)(=O)c1ccccc1C(=O)OC. The zero-order valence-corrected chi connectivity index (χ0v) is 11.7. The van der Waals surface area contributed by atoms with E-state index >= 15 is 0 Å². The standard InChI is InChI=1S/C13H17NO4S/c1-4-7-10(2)14-19(16,17)12-9-6-5-8-11(12)13(15)18-3/h4-6,8-10,14H,1,7H2,2-3H3. The number of esters is 1. The lowest BCUT2D eigenvalue weighted by molar-refractivity contribution is 0.0596. The van der Waals surface area contributed by atoms with Crippen LogP contribution >= 0.6 is 0 Å². The van der Waals surface area contributed by atoms with Crippen LogP contribution in [0.15, 0.2) is 41.8 Å². The van der Waals surface area contributed by atoms with Crippen LogP contribution in [0, 0.1) is 0 Å². The highest BCUT2D eigenvalue weighted by atomic mass is 32.2. The molecular formula is C13H17NO4S. The summed E-state index contributed by atoms with van der Waals surface area (Å²) in [6.07, 6.45) is 2.12. The summed E-state index contributed by atoms with van der Waals surface area (Å²) in [7, 11) is -2.56. The Morgan fingerprint density at radius 3 is 2.68 bits per heavy atom. The predicted octanol–water partition coefficient (Wildman–Crippen LogP) is 1.72. The molecule has 0 aromatic heterocycles. The van der Waals surface area contributed by atoms with E-state index in [9.17, 15) is 13.2 Å². The molecule has 0 aliphatic heterocycles. The summed E-state index contributed by atoms with van der Waals surface area (Å²) in [5, 5.41) is 0. The topological polar surface area (TPSA) is 72.5 Å². The van der Waals surface area contributed by atoms with Crippen molar-refractivity contribution in [3.63, 3.8) is 0 Å². The zero-order chi connectivity index (χ0) is 14.5. The zero-order valence-electron chi connectivity index (χ0n) is 10.9. The molecule has 0 saturated heterocycles. The molecule has 0 aliphatic carbocycles. The van der Waals surface area contributed by atoms with E-state index in [-0.39, 0.29) is 16.5 Å². The molecule has 1 aromatic carbocycles. The molecule has 6 heteroatoms. The van der Waals surface area contributed by atoms with Crippen LogP contribution < -0.4 is 4.72 Å². The molecule has 1 atom stereocenters. The molecule has 0 bridgehead atoms. The first kappa shape index (κ1) is 15.4. The van der Waals surface area contributed by atoms with Gasteiger partial charge in [-0.2, -0.15) is 0 Å². The molecular weight excluding hydrogens is 266 g/mol. The smallest absolute Gasteiger partial charge is 0.339 e. The van der Waals surface area contributed by atoms with Crippen LogP contribution in [0.5, 0.6) is 0 Å². The monoisotopic (exact) mass is 283 g/mol. The fraction of sp³-hybridized carbons (Fsp3) is 0.308. The van der Waals surface area contributed by atoms with Gasteiger partial charge in [0.05, 0.1) is 17.6 Å². The van der Waals surface area contributed by atoms with Gasteiger partial charge in [0.2, 0.25) is 10.0 Å². The van der Waals surface area contributed by atoms with Crippen LogP contribution in [0.25, 0.3) is 0 Å². The Kier molecular flexibility index (Phi) is 5.26. The Hall–Kier alpha value is -1.66. The van der Waals surface area contributed by atoms with E-state index in [1.165, 1.54) is 19.2 Å². The van der Waals surface area contributed by atoms with Gasteiger partial charge in [-0.25, -0.2) is 17.9 Å². The first-order chi connectivity index (χ1) is 8.92. The molecule has 1 N–H and O–H groups in total. The van der Waals surface area contributed by atoms with E-state index < -0.39 is 16.0 Å². The third-order valence-electron chi connectivity index (χ3n) is 2.46. The molecule has 19 heavy (non-hydrogen) atoms. The van der Waals surface area contributed by atoms with Gasteiger partial charge in [0, 0.05) is 6.04 Å². The van der Waals surface area contributed by atoms with Crippen molar-refractivity contribution in [3.8, 4) is 0 Å². The number of carbonyl (C=O) groups is 1. The highest BCUT2D eigenvalue weighted by molar-refractivity contribution is 7.89. The number of methoxy groups -OCH3 is 1. The molecule has 104 valence electrons. The Bertz CT molecular complexity index is 566. The van der Waals surface area contributed by atoms with Crippen molar-refractivity contribution in [3.05, 3.63) is 42.5 Å². The second-order valence-corrected chi connectivity index (χ2v) is 5.72. The van der Waals surface area contributed by atoms with Crippen LogP contribution in [0.3, 0.4) is 0 Å². The summed E-state index contributed by atoms with van der Waals surface area (Å²) in [5.41, 5.74) is 0.0169. The number of nitrogens with one attached hydrogen (secondary N) is 1. The molecule has 0 fully saturated rings. The summed E-state index contributed by atoms with van der Waals surface area (Å²) in [5.74, 6) is -0.683. The van der Waals surface area contributed by atoms with Gasteiger partial charge in [-0.15, -0.1) is 6.58 Å². The van der Waals surface area contributed by atoms with Gasteiger partial charge in [-0.1, -0.05) is 18.2 Å². The maximum absolute atomic E-state index is 12.2. The average Bonchev–Trinajstić information content (AvgIpc) is 2.37. The molecule has 0 radical (unpaired) electrons. The van der Waals surface area contributed by atoms with E-state index in [0.717, 1.165) is 0 Å². The molecule has 0 heterocycles. The van der Waals surface area contributed by atoms with E-state index in [2.05, 4.69) is 16.0 Å².